The number of hydrogen-bond acceptors (Lipinski definition) is 3. The average molecular weight is 268 g/mol. The van der Waals surface area contributed by atoms with Gasteiger partial charge >= 0.3 is 12.0 Å². The smallest absolute Gasteiger partial charge is 0.329 e. The molecule has 2 atom stereocenters. The van der Waals surface area contributed by atoms with Gasteiger partial charge in [0.1, 0.15) is 5.54 Å². The third-order valence-electron chi connectivity index (χ3n) is 3.14. The second kappa shape index (κ2) is 5.73. The zero-order chi connectivity index (χ0) is 14.6. The van der Waals surface area contributed by atoms with E-state index in [2.05, 4.69) is 15.7 Å². The minimum absolute atomic E-state index is 0.247. The highest BCUT2D eigenvalue weighted by atomic mass is 16.4. The van der Waals surface area contributed by atoms with E-state index in [9.17, 15) is 9.59 Å². The normalized spacial score (nSPS) is 15.4. The fourth-order valence-electron chi connectivity index (χ4n) is 1.52. The lowest BCUT2D eigenvalue weighted by atomic mass is 10.00. The highest BCUT2D eigenvalue weighted by molar-refractivity contribution is 5.85. The van der Waals surface area contributed by atoms with Crippen LogP contribution in [0.3, 0.4) is 0 Å². The molecule has 2 amide bonds. The number of aromatic nitrogens is 2. The lowest BCUT2D eigenvalue weighted by Gasteiger charge is -2.25. The Morgan fingerprint density at radius 2 is 2.21 bits per heavy atom. The van der Waals surface area contributed by atoms with E-state index in [1.807, 2.05) is 0 Å². The van der Waals surface area contributed by atoms with E-state index in [0.29, 0.717) is 6.42 Å². The van der Waals surface area contributed by atoms with Gasteiger partial charge in [-0.2, -0.15) is 5.10 Å². The minimum Gasteiger partial charge on any atom is -0.480 e. The standard InChI is InChI=1S/C12H20N4O3/c1-5-12(3,10(17)18)15-11(19)14-8(2)9-6-13-16(4)7-9/h6-8H,5H2,1-4H3,(H,17,18)(H2,14,15,19). The molecule has 0 radical (unpaired) electrons. The summed E-state index contributed by atoms with van der Waals surface area (Å²) in [6.07, 6.45) is 3.75. The second-order valence-electron chi connectivity index (χ2n) is 4.76. The summed E-state index contributed by atoms with van der Waals surface area (Å²) < 4.78 is 1.64. The number of urea groups is 1. The Morgan fingerprint density at radius 3 is 2.63 bits per heavy atom. The van der Waals surface area contributed by atoms with Crippen molar-refractivity contribution >= 4 is 12.0 Å². The fraction of sp³-hybridized carbons (Fsp3) is 0.583. The monoisotopic (exact) mass is 268 g/mol. The van der Waals surface area contributed by atoms with Crippen molar-refractivity contribution < 1.29 is 14.7 Å². The molecule has 7 heteroatoms. The third kappa shape index (κ3) is 3.70. The molecule has 2 unspecified atom stereocenters. The van der Waals surface area contributed by atoms with Crippen molar-refractivity contribution in [1.29, 1.82) is 0 Å². The number of nitrogens with zero attached hydrogens (tertiary/aromatic N) is 2. The first-order valence-electron chi connectivity index (χ1n) is 6.09. The molecule has 1 aromatic heterocycles. The zero-order valence-corrected chi connectivity index (χ0v) is 11.6. The molecule has 0 aromatic carbocycles. The summed E-state index contributed by atoms with van der Waals surface area (Å²) >= 11 is 0. The Balaban J connectivity index is 2.63. The number of nitrogens with one attached hydrogen (secondary N) is 2. The van der Waals surface area contributed by atoms with Gasteiger partial charge in [-0.05, 0) is 20.3 Å². The summed E-state index contributed by atoms with van der Waals surface area (Å²) in [6.45, 7) is 4.99. The first-order valence-corrected chi connectivity index (χ1v) is 6.09. The van der Waals surface area contributed by atoms with Crippen LogP contribution in [0.2, 0.25) is 0 Å². The number of carbonyl (C=O) groups is 2. The molecule has 0 aliphatic heterocycles. The molecule has 0 aliphatic rings. The van der Waals surface area contributed by atoms with E-state index in [-0.39, 0.29) is 6.04 Å². The van der Waals surface area contributed by atoms with Gasteiger partial charge in [0, 0.05) is 18.8 Å². The Kier molecular flexibility index (Phi) is 4.52. The molecule has 1 rings (SSSR count). The molecular weight excluding hydrogens is 248 g/mol. The highest BCUT2D eigenvalue weighted by Crippen LogP contribution is 2.12. The van der Waals surface area contributed by atoms with E-state index in [0.717, 1.165) is 5.56 Å². The Bertz CT molecular complexity index is 471. The van der Waals surface area contributed by atoms with Gasteiger partial charge in [0.2, 0.25) is 0 Å². The number of hydrogen-bond donors (Lipinski definition) is 3. The molecule has 19 heavy (non-hydrogen) atoms. The van der Waals surface area contributed by atoms with E-state index in [1.54, 1.807) is 38.0 Å². The molecule has 1 heterocycles. The van der Waals surface area contributed by atoms with Crippen LogP contribution in [0.5, 0.6) is 0 Å². The maximum absolute atomic E-state index is 11.8. The lowest BCUT2D eigenvalue weighted by Crippen LogP contribution is -2.55. The number of rotatable bonds is 5. The van der Waals surface area contributed by atoms with E-state index in [1.165, 1.54) is 6.92 Å². The lowest BCUT2D eigenvalue weighted by molar-refractivity contribution is -0.143. The van der Waals surface area contributed by atoms with Gasteiger partial charge in [0.15, 0.2) is 0 Å². The van der Waals surface area contributed by atoms with Gasteiger partial charge in [0.05, 0.1) is 12.2 Å². The van der Waals surface area contributed by atoms with Crippen molar-refractivity contribution in [2.45, 2.75) is 38.8 Å². The van der Waals surface area contributed by atoms with Gasteiger partial charge < -0.3 is 15.7 Å². The summed E-state index contributed by atoms with van der Waals surface area (Å²) in [5.74, 6) is -1.06. The number of aryl methyl sites for hydroxylation is 1. The molecule has 0 fully saturated rings. The third-order valence-corrected chi connectivity index (χ3v) is 3.14. The molecule has 0 aliphatic carbocycles. The molecular formula is C12H20N4O3. The molecule has 0 saturated heterocycles. The van der Waals surface area contributed by atoms with Crippen LogP contribution in [0, 0.1) is 0 Å². The predicted molar refractivity (Wildman–Crippen MR) is 69.6 cm³/mol. The number of carboxylic acids is 1. The average Bonchev–Trinajstić information content (AvgIpc) is 2.75. The largest absolute Gasteiger partial charge is 0.480 e. The van der Waals surface area contributed by atoms with Crippen LogP contribution in [-0.4, -0.2) is 32.4 Å². The van der Waals surface area contributed by atoms with E-state index >= 15 is 0 Å². The number of carboxylic acid groups (broad SMARTS) is 1. The summed E-state index contributed by atoms with van der Waals surface area (Å²) in [6, 6.07) is -0.758. The SMILES string of the molecule is CCC(C)(NC(=O)NC(C)c1cnn(C)c1)C(=O)O. The number of aliphatic carboxylic acids is 1. The van der Waals surface area contributed by atoms with E-state index in [4.69, 9.17) is 5.11 Å². The summed E-state index contributed by atoms with van der Waals surface area (Å²) in [4.78, 5) is 22.9. The maximum Gasteiger partial charge on any atom is 0.329 e. The second-order valence-corrected chi connectivity index (χ2v) is 4.76. The van der Waals surface area contributed by atoms with Gasteiger partial charge in [0.25, 0.3) is 0 Å². The summed E-state index contributed by atoms with van der Waals surface area (Å²) in [7, 11) is 1.79. The molecule has 0 saturated carbocycles. The molecule has 106 valence electrons. The first-order chi connectivity index (χ1) is 8.78. The van der Waals surface area contributed by atoms with Gasteiger partial charge in [-0.25, -0.2) is 9.59 Å². The van der Waals surface area contributed by atoms with Crippen LogP contribution in [0.4, 0.5) is 4.79 Å². The fourth-order valence-corrected chi connectivity index (χ4v) is 1.52. The van der Waals surface area contributed by atoms with Crippen LogP contribution >= 0.6 is 0 Å². The number of carbonyl (C=O) groups excluding carboxylic acids is 1. The van der Waals surface area contributed by atoms with Gasteiger partial charge in [-0.3, -0.25) is 4.68 Å². The summed E-state index contributed by atoms with van der Waals surface area (Å²) in [5, 5.41) is 18.3. The Morgan fingerprint density at radius 1 is 1.58 bits per heavy atom. The predicted octanol–water partition coefficient (Wildman–Crippen LogP) is 1.03. The van der Waals surface area contributed by atoms with Crippen molar-refractivity contribution in [3.8, 4) is 0 Å². The van der Waals surface area contributed by atoms with Gasteiger partial charge in [-0.15, -0.1) is 0 Å². The quantitative estimate of drug-likeness (QED) is 0.743. The summed E-state index contributed by atoms with van der Waals surface area (Å²) in [5.41, 5.74) is -0.412. The molecule has 7 nitrogen and oxygen atoms in total. The minimum atomic E-state index is -1.27. The Hall–Kier alpha value is -2.05. The highest BCUT2D eigenvalue weighted by Gasteiger charge is 2.33. The molecule has 0 bridgehead atoms. The zero-order valence-electron chi connectivity index (χ0n) is 11.6. The van der Waals surface area contributed by atoms with Crippen LogP contribution in [0.1, 0.15) is 38.8 Å². The maximum atomic E-state index is 11.8. The molecule has 0 spiro atoms. The molecule has 3 N–H and O–H groups in total. The van der Waals surface area contributed by atoms with Crippen LogP contribution < -0.4 is 10.6 Å². The van der Waals surface area contributed by atoms with E-state index < -0.39 is 17.5 Å². The van der Waals surface area contributed by atoms with Crippen molar-refractivity contribution in [2.24, 2.45) is 7.05 Å². The molecule has 1 aromatic rings. The van der Waals surface area contributed by atoms with Crippen molar-refractivity contribution in [1.82, 2.24) is 20.4 Å². The Labute approximate surface area is 112 Å². The van der Waals surface area contributed by atoms with Gasteiger partial charge in [-0.1, -0.05) is 6.92 Å². The van der Waals surface area contributed by atoms with Crippen LogP contribution in [0.25, 0.3) is 0 Å². The van der Waals surface area contributed by atoms with Crippen molar-refractivity contribution in [2.75, 3.05) is 0 Å². The van der Waals surface area contributed by atoms with Crippen molar-refractivity contribution in [3.63, 3.8) is 0 Å². The van der Waals surface area contributed by atoms with Crippen LogP contribution in [0.15, 0.2) is 12.4 Å². The number of amides is 2. The topological polar surface area (TPSA) is 96.3 Å². The van der Waals surface area contributed by atoms with Crippen LogP contribution in [-0.2, 0) is 11.8 Å². The van der Waals surface area contributed by atoms with Crippen molar-refractivity contribution in [3.05, 3.63) is 18.0 Å². The first kappa shape index (κ1) is 15.0.